The largest absolute Gasteiger partial charge is 0.403 e. The fourth-order valence-electron chi connectivity index (χ4n) is 4.16. The third kappa shape index (κ3) is 3.60. The first-order valence-corrected chi connectivity index (χ1v) is 11.6. The molecular weight excluding hydrogens is 414 g/mol. The first kappa shape index (κ1) is 19.8. The molecule has 1 saturated heterocycles. The molecule has 0 saturated carbocycles. The van der Waals surface area contributed by atoms with Gasteiger partial charge in [-0.05, 0) is 44.2 Å². The predicted octanol–water partition coefficient (Wildman–Crippen LogP) is 3.31. The number of hydrogen-bond acceptors (Lipinski definition) is 9. The predicted molar refractivity (Wildman–Crippen MR) is 120 cm³/mol. The first-order chi connectivity index (χ1) is 15.2. The van der Waals surface area contributed by atoms with E-state index in [4.69, 9.17) is 4.42 Å². The van der Waals surface area contributed by atoms with Crippen LogP contribution >= 0.6 is 11.8 Å². The number of hydrogen-bond donors (Lipinski definition) is 1. The van der Waals surface area contributed by atoms with Crippen molar-refractivity contribution in [3.05, 3.63) is 36.0 Å². The van der Waals surface area contributed by atoms with Gasteiger partial charge in [-0.1, -0.05) is 22.9 Å². The van der Waals surface area contributed by atoms with Crippen molar-refractivity contribution >= 4 is 35.2 Å². The summed E-state index contributed by atoms with van der Waals surface area (Å²) in [5.41, 5.74) is 2.10. The first-order valence-electron chi connectivity index (χ1n) is 10.3. The topological polar surface area (TPSA) is 100 Å². The van der Waals surface area contributed by atoms with Crippen LogP contribution in [0.1, 0.15) is 30.1 Å². The van der Waals surface area contributed by atoms with E-state index >= 15 is 0 Å². The zero-order chi connectivity index (χ0) is 21.4. The molecule has 5 rings (SSSR count). The van der Waals surface area contributed by atoms with Crippen LogP contribution in [0.4, 0.5) is 17.5 Å². The van der Waals surface area contributed by atoms with Gasteiger partial charge in [-0.15, -0.1) is 5.10 Å². The number of aromatic nitrogens is 4. The van der Waals surface area contributed by atoms with Gasteiger partial charge >= 0.3 is 6.01 Å². The summed E-state index contributed by atoms with van der Waals surface area (Å²) >= 11 is 1.48. The average Bonchev–Trinajstić information content (AvgIpc) is 3.44. The Morgan fingerprint density at radius 1 is 1.32 bits per heavy atom. The summed E-state index contributed by atoms with van der Waals surface area (Å²) in [5, 5.41) is 11.8. The van der Waals surface area contributed by atoms with Crippen molar-refractivity contribution in [3.8, 4) is 11.5 Å². The standard InChI is InChI=1S/C21H23N7O2S/c1-3-22-20-26-25-18(30-20)13-6-4-7-14(10-13)28-12-15-8-5-9-27(15)17-16(19(28)29)11-23-21(24-17)31-2/h4,6-7,10-11,15H,3,5,8-9,12H2,1-2H3,(H,22,26). The molecular formula is C21H23N7O2S. The number of fused-ring (bicyclic) bond motifs is 3. The Labute approximate surface area is 184 Å². The van der Waals surface area contributed by atoms with E-state index in [1.807, 2.05) is 42.3 Å². The summed E-state index contributed by atoms with van der Waals surface area (Å²) in [6.45, 7) is 4.16. The van der Waals surface area contributed by atoms with E-state index in [-0.39, 0.29) is 11.9 Å². The van der Waals surface area contributed by atoms with Crippen molar-refractivity contribution in [1.29, 1.82) is 0 Å². The van der Waals surface area contributed by atoms with Gasteiger partial charge in [0.15, 0.2) is 5.16 Å². The van der Waals surface area contributed by atoms with E-state index < -0.39 is 0 Å². The molecule has 1 unspecified atom stereocenters. The van der Waals surface area contributed by atoms with Gasteiger partial charge in [0, 0.05) is 43.1 Å². The van der Waals surface area contributed by atoms with Crippen molar-refractivity contribution in [3.63, 3.8) is 0 Å². The van der Waals surface area contributed by atoms with Gasteiger partial charge in [0.05, 0.1) is 0 Å². The second kappa shape index (κ2) is 8.18. The highest BCUT2D eigenvalue weighted by Gasteiger charge is 2.37. The van der Waals surface area contributed by atoms with Crippen LogP contribution in [-0.2, 0) is 0 Å². The number of nitrogens with one attached hydrogen (secondary N) is 1. The third-order valence-electron chi connectivity index (χ3n) is 5.60. The number of nitrogens with zero attached hydrogens (tertiary/aromatic N) is 6. The Hall–Kier alpha value is -3.14. The highest BCUT2D eigenvalue weighted by Crippen LogP contribution is 2.35. The lowest BCUT2D eigenvalue weighted by molar-refractivity contribution is 0.0988. The monoisotopic (exact) mass is 437 g/mol. The van der Waals surface area contributed by atoms with Crippen molar-refractivity contribution in [2.75, 3.05) is 41.0 Å². The normalized spacial score (nSPS) is 18.0. The number of rotatable bonds is 5. The molecule has 31 heavy (non-hydrogen) atoms. The highest BCUT2D eigenvalue weighted by atomic mass is 32.2. The second-order valence-corrected chi connectivity index (χ2v) is 8.27. The van der Waals surface area contributed by atoms with E-state index in [2.05, 4.69) is 30.4 Å². The summed E-state index contributed by atoms with van der Waals surface area (Å²) in [4.78, 5) is 26.7. The van der Waals surface area contributed by atoms with Crippen LogP contribution in [0.3, 0.4) is 0 Å². The van der Waals surface area contributed by atoms with Crippen LogP contribution in [0.5, 0.6) is 0 Å². The fraction of sp³-hybridized carbons (Fsp3) is 0.381. The molecule has 2 aliphatic rings. The van der Waals surface area contributed by atoms with Gasteiger partial charge in [0.1, 0.15) is 11.4 Å². The summed E-state index contributed by atoms with van der Waals surface area (Å²) in [7, 11) is 0. The van der Waals surface area contributed by atoms with Crippen molar-refractivity contribution in [2.24, 2.45) is 0 Å². The minimum Gasteiger partial charge on any atom is -0.403 e. The average molecular weight is 438 g/mol. The lowest BCUT2D eigenvalue weighted by atomic mass is 10.1. The van der Waals surface area contributed by atoms with Gasteiger partial charge in [0.25, 0.3) is 5.91 Å². The lowest BCUT2D eigenvalue weighted by Crippen LogP contribution is -2.39. The molecule has 2 aromatic heterocycles. The number of anilines is 3. The molecule has 1 atom stereocenters. The van der Waals surface area contributed by atoms with Crippen LogP contribution in [0, 0.1) is 0 Å². The Bertz CT molecular complexity index is 1120. The maximum absolute atomic E-state index is 13.6. The second-order valence-electron chi connectivity index (χ2n) is 7.49. The number of thioether (sulfide) groups is 1. The summed E-state index contributed by atoms with van der Waals surface area (Å²) < 4.78 is 5.69. The smallest absolute Gasteiger partial charge is 0.315 e. The number of carbonyl (C=O) groups is 1. The van der Waals surface area contributed by atoms with Gasteiger partial charge in [-0.25, -0.2) is 9.97 Å². The van der Waals surface area contributed by atoms with Gasteiger partial charge in [0.2, 0.25) is 5.89 Å². The molecule has 10 heteroatoms. The fourth-order valence-corrected chi connectivity index (χ4v) is 4.50. The molecule has 1 amide bonds. The molecule has 1 N–H and O–H groups in total. The molecule has 160 valence electrons. The van der Waals surface area contributed by atoms with Gasteiger partial charge in [-0.2, -0.15) is 0 Å². The SMILES string of the molecule is CCNc1nnc(-c2cccc(N3CC4CCCN4c4nc(SC)ncc4C3=O)c2)o1. The van der Waals surface area contributed by atoms with E-state index in [0.29, 0.717) is 35.7 Å². The molecule has 9 nitrogen and oxygen atoms in total. The van der Waals surface area contributed by atoms with Crippen LogP contribution in [0.25, 0.3) is 11.5 Å². The molecule has 0 radical (unpaired) electrons. The zero-order valence-corrected chi connectivity index (χ0v) is 18.2. The molecule has 1 fully saturated rings. The van der Waals surface area contributed by atoms with Crippen molar-refractivity contribution in [1.82, 2.24) is 20.2 Å². The Morgan fingerprint density at radius 2 is 2.23 bits per heavy atom. The Kier molecular flexibility index (Phi) is 5.23. The number of amides is 1. The van der Waals surface area contributed by atoms with Gasteiger partial charge < -0.3 is 19.5 Å². The Morgan fingerprint density at radius 3 is 3.06 bits per heavy atom. The maximum Gasteiger partial charge on any atom is 0.315 e. The lowest BCUT2D eigenvalue weighted by Gasteiger charge is -2.27. The minimum absolute atomic E-state index is 0.0897. The minimum atomic E-state index is -0.0897. The van der Waals surface area contributed by atoms with Crippen LogP contribution < -0.4 is 15.1 Å². The molecule has 0 spiro atoms. The molecule has 4 heterocycles. The molecule has 3 aromatic rings. The van der Waals surface area contributed by atoms with Gasteiger partial charge in [-0.3, -0.25) is 4.79 Å². The Balaban J connectivity index is 1.53. The van der Waals surface area contributed by atoms with Crippen LogP contribution in [0.15, 0.2) is 40.0 Å². The molecule has 0 aliphatic carbocycles. The zero-order valence-electron chi connectivity index (χ0n) is 17.4. The molecule has 1 aromatic carbocycles. The number of benzene rings is 1. The molecule has 0 bridgehead atoms. The quantitative estimate of drug-likeness (QED) is 0.476. The van der Waals surface area contributed by atoms with Crippen LogP contribution in [-0.4, -0.2) is 58.0 Å². The van der Waals surface area contributed by atoms with E-state index in [1.54, 1.807) is 6.20 Å². The van der Waals surface area contributed by atoms with Crippen molar-refractivity contribution < 1.29 is 9.21 Å². The van der Waals surface area contributed by atoms with E-state index in [0.717, 1.165) is 36.5 Å². The third-order valence-corrected chi connectivity index (χ3v) is 6.17. The molecule has 2 aliphatic heterocycles. The van der Waals surface area contributed by atoms with E-state index in [9.17, 15) is 4.79 Å². The van der Waals surface area contributed by atoms with E-state index in [1.165, 1.54) is 11.8 Å². The number of carbonyl (C=O) groups excluding carboxylic acids is 1. The maximum atomic E-state index is 13.6. The van der Waals surface area contributed by atoms with Crippen molar-refractivity contribution in [2.45, 2.75) is 31.0 Å². The summed E-state index contributed by atoms with van der Waals surface area (Å²) in [5.74, 6) is 1.07. The van der Waals surface area contributed by atoms with Crippen LogP contribution in [0.2, 0.25) is 0 Å². The summed E-state index contributed by atoms with van der Waals surface area (Å²) in [6, 6.07) is 8.26. The summed E-state index contributed by atoms with van der Waals surface area (Å²) in [6.07, 6.45) is 5.71. The highest BCUT2D eigenvalue weighted by molar-refractivity contribution is 7.98.